The van der Waals surface area contributed by atoms with Crippen LogP contribution >= 0.6 is 0 Å². The zero-order valence-corrected chi connectivity index (χ0v) is 8.30. The first-order valence-electron chi connectivity index (χ1n) is 4.59. The minimum absolute atomic E-state index is 0.0795. The van der Waals surface area contributed by atoms with Gasteiger partial charge in [-0.15, -0.1) is 0 Å². The number of aliphatic hydroxyl groups excluding tert-OH is 2. The first-order valence-corrected chi connectivity index (χ1v) is 4.59. The Morgan fingerprint density at radius 1 is 1.31 bits per heavy atom. The van der Waals surface area contributed by atoms with Crippen LogP contribution in [0.25, 0.3) is 0 Å². The minimum Gasteiger partial charge on any atom is -0.394 e. The van der Waals surface area contributed by atoms with E-state index in [0.29, 0.717) is 0 Å². The molecular weight excluding hydrogens is 172 g/mol. The highest BCUT2D eigenvalue weighted by Gasteiger charge is 2.40. The van der Waals surface area contributed by atoms with Gasteiger partial charge in [-0.25, -0.2) is 0 Å². The van der Waals surface area contributed by atoms with Gasteiger partial charge in [-0.2, -0.15) is 0 Å². The van der Waals surface area contributed by atoms with Gasteiger partial charge in [0, 0.05) is 13.0 Å². The van der Waals surface area contributed by atoms with Crippen molar-refractivity contribution in [2.75, 3.05) is 13.7 Å². The molecule has 4 heteroatoms. The summed E-state index contributed by atoms with van der Waals surface area (Å²) >= 11 is 0. The van der Waals surface area contributed by atoms with E-state index in [1.807, 2.05) is 13.8 Å². The molecule has 0 aliphatic carbocycles. The van der Waals surface area contributed by atoms with Crippen molar-refractivity contribution in [2.45, 2.75) is 32.3 Å². The van der Waals surface area contributed by atoms with E-state index in [4.69, 9.17) is 14.6 Å². The van der Waals surface area contributed by atoms with Gasteiger partial charge in [0.1, 0.15) is 6.10 Å². The molecular formula is C9H18O4. The van der Waals surface area contributed by atoms with E-state index in [-0.39, 0.29) is 24.7 Å². The van der Waals surface area contributed by atoms with Gasteiger partial charge in [0.05, 0.1) is 12.7 Å². The van der Waals surface area contributed by atoms with Crippen molar-refractivity contribution in [3.8, 4) is 0 Å². The molecule has 1 aliphatic rings. The smallest absolute Gasteiger partial charge is 0.160 e. The molecule has 0 aromatic rings. The molecule has 4 unspecified atom stereocenters. The van der Waals surface area contributed by atoms with Crippen LogP contribution in [-0.4, -0.2) is 42.4 Å². The Morgan fingerprint density at radius 2 is 1.92 bits per heavy atom. The molecule has 5 atom stereocenters. The summed E-state index contributed by atoms with van der Waals surface area (Å²) in [6.07, 6.45) is -1.45. The topological polar surface area (TPSA) is 58.9 Å². The summed E-state index contributed by atoms with van der Waals surface area (Å²) in [5.41, 5.74) is 0. The van der Waals surface area contributed by atoms with Crippen LogP contribution in [0.3, 0.4) is 0 Å². The highest BCUT2D eigenvalue weighted by molar-refractivity contribution is 4.84. The maximum absolute atomic E-state index is 9.68. The van der Waals surface area contributed by atoms with Crippen LogP contribution in [-0.2, 0) is 9.47 Å². The second-order valence-corrected chi connectivity index (χ2v) is 3.67. The van der Waals surface area contributed by atoms with Crippen LogP contribution in [0.4, 0.5) is 0 Å². The molecule has 13 heavy (non-hydrogen) atoms. The van der Waals surface area contributed by atoms with E-state index in [1.165, 1.54) is 0 Å². The average molecular weight is 190 g/mol. The number of hydrogen-bond donors (Lipinski definition) is 2. The lowest BCUT2D eigenvalue weighted by atomic mass is 9.85. The molecule has 1 aliphatic heterocycles. The molecule has 4 nitrogen and oxygen atoms in total. The van der Waals surface area contributed by atoms with E-state index in [2.05, 4.69) is 0 Å². The van der Waals surface area contributed by atoms with Gasteiger partial charge in [0.15, 0.2) is 6.29 Å². The Bertz CT molecular complexity index is 142. The summed E-state index contributed by atoms with van der Waals surface area (Å²) in [4.78, 5) is 0. The lowest BCUT2D eigenvalue weighted by Gasteiger charge is -2.41. The molecule has 0 bridgehead atoms. The first kappa shape index (κ1) is 10.9. The van der Waals surface area contributed by atoms with Crippen molar-refractivity contribution in [3.05, 3.63) is 0 Å². The van der Waals surface area contributed by atoms with Gasteiger partial charge >= 0.3 is 0 Å². The van der Waals surface area contributed by atoms with Crippen molar-refractivity contribution < 1.29 is 19.7 Å². The third kappa shape index (κ3) is 2.02. The fourth-order valence-electron chi connectivity index (χ4n) is 1.70. The van der Waals surface area contributed by atoms with E-state index in [9.17, 15) is 5.11 Å². The van der Waals surface area contributed by atoms with E-state index in [0.717, 1.165) is 0 Å². The predicted molar refractivity (Wildman–Crippen MR) is 47.1 cm³/mol. The van der Waals surface area contributed by atoms with Gasteiger partial charge in [-0.1, -0.05) is 13.8 Å². The Kier molecular flexibility index (Phi) is 3.67. The third-order valence-electron chi connectivity index (χ3n) is 2.90. The summed E-state index contributed by atoms with van der Waals surface area (Å²) in [5.74, 6) is 0.221. The van der Waals surface area contributed by atoms with Crippen LogP contribution in [0.5, 0.6) is 0 Å². The Balaban J connectivity index is 2.66. The molecule has 78 valence electrons. The van der Waals surface area contributed by atoms with Crippen LogP contribution in [0.2, 0.25) is 0 Å². The summed E-state index contributed by atoms with van der Waals surface area (Å²) in [5, 5.41) is 18.6. The number of rotatable bonds is 2. The van der Waals surface area contributed by atoms with Crippen LogP contribution in [0, 0.1) is 11.8 Å². The molecule has 1 rings (SSSR count). The predicted octanol–water partition coefficient (Wildman–Crippen LogP) is -0.0169. The molecule has 0 aromatic carbocycles. The summed E-state index contributed by atoms with van der Waals surface area (Å²) in [6, 6.07) is 0. The summed E-state index contributed by atoms with van der Waals surface area (Å²) < 4.78 is 10.5. The fraction of sp³-hybridized carbons (Fsp3) is 1.00. The van der Waals surface area contributed by atoms with Gasteiger partial charge in [-0.05, 0) is 5.92 Å². The van der Waals surface area contributed by atoms with Gasteiger partial charge < -0.3 is 19.7 Å². The standard InChI is InChI=1S/C9H18O4/c1-5-6(2)9(12-3)13-7(4-10)8(5)11/h5-11H,4H2,1-3H3/t5?,6-,7?,8?,9?/m0/s1. The Morgan fingerprint density at radius 3 is 2.38 bits per heavy atom. The molecule has 0 aromatic heterocycles. The molecule has 0 spiro atoms. The normalized spacial score (nSPS) is 46.4. The molecule has 0 amide bonds. The average Bonchev–Trinajstić information content (AvgIpc) is 2.15. The summed E-state index contributed by atoms with van der Waals surface area (Å²) in [7, 11) is 1.57. The number of methoxy groups -OCH3 is 1. The first-order chi connectivity index (χ1) is 6.11. The van der Waals surface area contributed by atoms with E-state index >= 15 is 0 Å². The molecule has 1 saturated heterocycles. The summed E-state index contributed by atoms with van der Waals surface area (Å²) in [6.45, 7) is 3.74. The number of ether oxygens (including phenoxy) is 2. The highest BCUT2D eigenvalue weighted by atomic mass is 16.7. The Labute approximate surface area is 78.5 Å². The maximum Gasteiger partial charge on any atom is 0.160 e. The van der Waals surface area contributed by atoms with E-state index < -0.39 is 12.2 Å². The zero-order chi connectivity index (χ0) is 10.0. The lowest BCUT2D eigenvalue weighted by Crippen LogP contribution is -2.51. The van der Waals surface area contributed by atoms with Crippen LogP contribution in [0.1, 0.15) is 13.8 Å². The van der Waals surface area contributed by atoms with Gasteiger partial charge in [0.25, 0.3) is 0 Å². The highest BCUT2D eigenvalue weighted by Crippen LogP contribution is 2.30. The zero-order valence-electron chi connectivity index (χ0n) is 8.30. The SMILES string of the molecule is COC1OC(CO)C(O)C(C)[C@@H]1C. The lowest BCUT2D eigenvalue weighted by molar-refractivity contribution is -0.260. The second kappa shape index (κ2) is 4.37. The second-order valence-electron chi connectivity index (χ2n) is 3.67. The molecule has 1 heterocycles. The largest absolute Gasteiger partial charge is 0.394 e. The number of hydrogen-bond acceptors (Lipinski definition) is 4. The van der Waals surface area contributed by atoms with Crippen molar-refractivity contribution in [3.63, 3.8) is 0 Å². The van der Waals surface area contributed by atoms with Crippen LogP contribution in [0.15, 0.2) is 0 Å². The molecule has 2 N–H and O–H groups in total. The monoisotopic (exact) mass is 190 g/mol. The molecule has 0 radical (unpaired) electrons. The van der Waals surface area contributed by atoms with Crippen molar-refractivity contribution >= 4 is 0 Å². The van der Waals surface area contributed by atoms with Crippen molar-refractivity contribution in [2.24, 2.45) is 11.8 Å². The molecule has 1 fully saturated rings. The van der Waals surface area contributed by atoms with Crippen LogP contribution < -0.4 is 0 Å². The van der Waals surface area contributed by atoms with Crippen molar-refractivity contribution in [1.29, 1.82) is 0 Å². The molecule has 0 saturated carbocycles. The minimum atomic E-state index is -0.605. The fourth-order valence-corrected chi connectivity index (χ4v) is 1.70. The van der Waals surface area contributed by atoms with Gasteiger partial charge in [-0.3, -0.25) is 0 Å². The van der Waals surface area contributed by atoms with Gasteiger partial charge in [0.2, 0.25) is 0 Å². The van der Waals surface area contributed by atoms with Crippen molar-refractivity contribution in [1.82, 2.24) is 0 Å². The Hall–Kier alpha value is -0.160. The maximum atomic E-state index is 9.68. The van der Waals surface area contributed by atoms with E-state index in [1.54, 1.807) is 7.11 Å². The number of aliphatic hydroxyl groups is 2. The third-order valence-corrected chi connectivity index (χ3v) is 2.90. The quantitative estimate of drug-likeness (QED) is 0.642.